The maximum Gasteiger partial charge on any atom is 0.194 e. The Morgan fingerprint density at radius 2 is 1.78 bits per heavy atom. The summed E-state index contributed by atoms with van der Waals surface area (Å²) < 4.78 is 11.4. The number of ether oxygens (including phenoxy) is 2. The van der Waals surface area contributed by atoms with Crippen LogP contribution in [0.3, 0.4) is 0 Å². The first-order valence-corrected chi connectivity index (χ1v) is 10.5. The van der Waals surface area contributed by atoms with Crippen LogP contribution in [0.15, 0.2) is 29.3 Å². The number of nitrogens with one attached hydrogen (secondary N) is 1. The van der Waals surface area contributed by atoms with Crippen molar-refractivity contribution in [1.82, 2.24) is 10.2 Å². The minimum Gasteiger partial charge on any atom is -0.381 e. The molecule has 0 aliphatic carbocycles. The van der Waals surface area contributed by atoms with Crippen molar-refractivity contribution in [2.24, 2.45) is 10.9 Å². The zero-order valence-corrected chi connectivity index (χ0v) is 17.0. The Bertz CT molecular complexity index is 574. The average Bonchev–Trinajstić information content (AvgIpc) is 2.72. The van der Waals surface area contributed by atoms with E-state index in [0.29, 0.717) is 12.7 Å². The first kappa shape index (κ1) is 20.2. The van der Waals surface area contributed by atoms with E-state index in [1.807, 2.05) is 0 Å². The molecule has 0 saturated carbocycles. The topological polar surface area (TPSA) is 46.1 Å². The van der Waals surface area contributed by atoms with E-state index in [0.717, 1.165) is 64.1 Å². The molecular formula is C22H35N3O2. The van der Waals surface area contributed by atoms with Crippen LogP contribution >= 0.6 is 0 Å². The smallest absolute Gasteiger partial charge is 0.194 e. The van der Waals surface area contributed by atoms with Crippen molar-refractivity contribution in [3.63, 3.8) is 0 Å². The van der Waals surface area contributed by atoms with Gasteiger partial charge < -0.3 is 19.7 Å². The number of guanidine groups is 1. The van der Waals surface area contributed by atoms with Crippen LogP contribution in [0.1, 0.15) is 50.7 Å². The Hall–Kier alpha value is -1.59. The standard InChI is InChI=1S/C22H35N3O2/c1-3-23-22(25-12-8-18(2)9-13-25)24-16-19-4-6-20(7-5-19)17-27-21-10-14-26-15-11-21/h4-7,18,21H,3,8-17H2,1-2H3,(H,23,24). The molecule has 0 unspecified atom stereocenters. The van der Waals surface area contributed by atoms with E-state index in [2.05, 4.69) is 48.3 Å². The van der Waals surface area contributed by atoms with Gasteiger partial charge in [0.15, 0.2) is 5.96 Å². The summed E-state index contributed by atoms with van der Waals surface area (Å²) in [6.45, 7) is 10.7. The fourth-order valence-corrected chi connectivity index (χ4v) is 3.61. The van der Waals surface area contributed by atoms with Crippen molar-refractivity contribution < 1.29 is 9.47 Å². The normalized spacial score (nSPS) is 20.1. The lowest BCUT2D eigenvalue weighted by atomic mass is 10.00. The van der Waals surface area contributed by atoms with Gasteiger partial charge in [-0.25, -0.2) is 4.99 Å². The molecule has 0 aromatic heterocycles. The van der Waals surface area contributed by atoms with Crippen molar-refractivity contribution in [3.8, 4) is 0 Å². The van der Waals surface area contributed by atoms with Gasteiger partial charge >= 0.3 is 0 Å². The number of rotatable bonds is 6. The van der Waals surface area contributed by atoms with Crippen LogP contribution in [-0.4, -0.2) is 49.8 Å². The fourth-order valence-electron chi connectivity index (χ4n) is 3.61. The van der Waals surface area contributed by atoms with Crippen molar-refractivity contribution in [2.75, 3.05) is 32.8 Å². The second-order valence-corrected chi connectivity index (χ2v) is 7.78. The van der Waals surface area contributed by atoms with Gasteiger partial charge in [0.1, 0.15) is 0 Å². The average molecular weight is 374 g/mol. The largest absolute Gasteiger partial charge is 0.381 e. The zero-order chi connectivity index (χ0) is 18.9. The van der Waals surface area contributed by atoms with Crippen LogP contribution in [-0.2, 0) is 22.6 Å². The third-order valence-corrected chi connectivity index (χ3v) is 5.51. The highest BCUT2D eigenvalue weighted by molar-refractivity contribution is 5.80. The Morgan fingerprint density at radius 1 is 1.11 bits per heavy atom. The lowest BCUT2D eigenvalue weighted by Crippen LogP contribution is -2.45. The Morgan fingerprint density at radius 3 is 2.44 bits per heavy atom. The van der Waals surface area contributed by atoms with Crippen LogP contribution in [0.4, 0.5) is 0 Å². The molecule has 2 aliphatic heterocycles. The summed E-state index contributed by atoms with van der Waals surface area (Å²) >= 11 is 0. The van der Waals surface area contributed by atoms with Crippen LogP contribution in [0.5, 0.6) is 0 Å². The first-order valence-electron chi connectivity index (χ1n) is 10.5. The molecule has 2 saturated heterocycles. The van der Waals surface area contributed by atoms with E-state index in [4.69, 9.17) is 14.5 Å². The van der Waals surface area contributed by atoms with Gasteiger partial charge in [-0.2, -0.15) is 0 Å². The molecule has 0 radical (unpaired) electrons. The number of benzene rings is 1. The van der Waals surface area contributed by atoms with Crippen LogP contribution in [0.2, 0.25) is 0 Å². The maximum atomic E-state index is 6.00. The molecule has 2 fully saturated rings. The van der Waals surface area contributed by atoms with E-state index in [9.17, 15) is 0 Å². The van der Waals surface area contributed by atoms with E-state index >= 15 is 0 Å². The summed E-state index contributed by atoms with van der Waals surface area (Å²) in [5, 5.41) is 3.45. The van der Waals surface area contributed by atoms with E-state index in [1.165, 1.54) is 24.0 Å². The summed E-state index contributed by atoms with van der Waals surface area (Å²) in [5.74, 6) is 1.89. The highest BCUT2D eigenvalue weighted by Crippen LogP contribution is 2.17. The maximum absolute atomic E-state index is 6.00. The molecule has 2 heterocycles. The predicted molar refractivity (Wildman–Crippen MR) is 110 cm³/mol. The zero-order valence-electron chi connectivity index (χ0n) is 17.0. The molecule has 0 atom stereocenters. The van der Waals surface area contributed by atoms with Crippen LogP contribution < -0.4 is 5.32 Å². The second kappa shape index (κ2) is 10.7. The van der Waals surface area contributed by atoms with Crippen molar-refractivity contribution in [3.05, 3.63) is 35.4 Å². The van der Waals surface area contributed by atoms with Gasteiger partial charge in [-0.15, -0.1) is 0 Å². The molecule has 1 N–H and O–H groups in total. The number of aliphatic imine (C=N–C) groups is 1. The van der Waals surface area contributed by atoms with Gasteiger partial charge in [0.2, 0.25) is 0 Å². The molecule has 1 aromatic carbocycles. The minimum absolute atomic E-state index is 0.345. The van der Waals surface area contributed by atoms with Crippen molar-refractivity contribution in [2.45, 2.75) is 58.8 Å². The summed E-state index contributed by atoms with van der Waals surface area (Å²) in [4.78, 5) is 7.27. The monoisotopic (exact) mass is 373 g/mol. The molecule has 2 aliphatic rings. The van der Waals surface area contributed by atoms with Gasteiger partial charge in [0, 0.05) is 32.8 Å². The number of nitrogens with zero attached hydrogens (tertiary/aromatic N) is 2. The first-order chi connectivity index (χ1) is 13.2. The number of piperidine rings is 1. The summed E-state index contributed by atoms with van der Waals surface area (Å²) in [5.41, 5.74) is 2.47. The van der Waals surface area contributed by atoms with E-state index in [1.54, 1.807) is 0 Å². The number of hydrogen-bond donors (Lipinski definition) is 1. The SMILES string of the molecule is CCNC(=NCc1ccc(COC2CCOCC2)cc1)N1CCC(C)CC1. The molecule has 3 rings (SSSR count). The lowest BCUT2D eigenvalue weighted by Gasteiger charge is -2.33. The number of hydrogen-bond acceptors (Lipinski definition) is 3. The van der Waals surface area contributed by atoms with Gasteiger partial charge in [0.05, 0.1) is 19.3 Å². The highest BCUT2D eigenvalue weighted by atomic mass is 16.5. The highest BCUT2D eigenvalue weighted by Gasteiger charge is 2.18. The van der Waals surface area contributed by atoms with Crippen molar-refractivity contribution in [1.29, 1.82) is 0 Å². The molecule has 150 valence electrons. The predicted octanol–water partition coefficient (Wildman–Crippen LogP) is 3.58. The minimum atomic E-state index is 0.345. The fraction of sp³-hybridized carbons (Fsp3) is 0.682. The number of likely N-dealkylation sites (tertiary alicyclic amines) is 1. The molecule has 5 heteroatoms. The summed E-state index contributed by atoms with van der Waals surface area (Å²) in [7, 11) is 0. The summed E-state index contributed by atoms with van der Waals surface area (Å²) in [6.07, 6.45) is 4.88. The van der Waals surface area contributed by atoms with E-state index < -0.39 is 0 Å². The van der Waals surface area contributed by atoms with Gasteiger partial charge in [-0.1, -0.05) is 31.2 Å². The quantitative estimate of drug-likeness (QED) is 0.612. The molecule has 0 spiro atoms. The Balaban J connectivity index is 1.50. The summed E-state index contributed by atoms with van der Waals surface area (Å²) in [6, 6.07) is 8.68. The molecule has 1 aromatic rings. The van der Waals surface area contributed by atoms with Crippen LogP contribution in [0, 0.1) is 5.92 Å². The van der Waals surface area contributed by atoms with E-state index in [-0.39, 0.29) is 0 Å². The molecular weight excluding hydrogens is 338 g/mol. The molecule has 0 amide bonds. The Labute approximate surface area is 164 Å². The van der Waals surface area contributed by atoms with Gasteiger partial charge in [0.25, 0.3) is 0 Å². The van der Waals surface area contributed by atoms with Gasteiger partial charge in [-0.3, -0.25) is 0 Å². The van der Waals surface area contributed by atoms with Crippen LogP contribution in [0.25, 0.3) is 0 Å². The third-order valence-electron chi connectivity index (χ3n) is 5.51. The van der Waals surface area contributed by atoms with Gasteiger partial charge in [-0.05, 0) is 49.7 Å². The second-order valence-electron chi connectivity index (χ2n) is 7.78. The Kier molecular flexibility index (Phi) is 7.96. The molecule has 0 bridgehead atoms. The van der Waals surface area contributed by atoms with Crippen molar-refractivity contribution >= 4 is 5.96 Å². The molecule has 5 nitrogen and oxygen atoms in total. The third kappa shape index (κ3) is 6.51. The lowest BCUT2D eigenvalue weighted by molar-refractivity contribution is -0.0390. The molecule has 27 heavy (non-hydrogen) atoms.